The highest BCUT2D eigenvalue weighted by atomic mass is 19.1. The number of aryl methyl sites for hydroxylation is 1. The predicted octanol–water partition coefficient (Wildman–Crippen LogP) is 4.27. The van der Waals surface area contributed by atoms with Gasteiger partial charge < -0.3 is 15.0 Å². The van der Waals surface area contributed by atoms with Gasteiger partial charge in [-0.1, -0.05) is 24.3 Å². The maximum Gasteiger partial charge on any atom is 0.222 e. The molecule has 6 heteroatoms. The van der Waals surface area contributed by atoms with E-state index in [1.165, 1.54) is 12.1 Å². The number of likely N-dealkylation sites (tertiary alicyclic amines) is 1. The predicted molar refractivity (Wildman–Crippen MR) is 118 cm³/mol. The van der Waals surface area contributed by atoms with E-state index < -0.39 is 0 Å². The maximum atomic E-state index is 13.3. The molecule has 0 radical (unpaired) electrons. The van der Waals surface area contributed by atoms with Crippen LogP contribution in [0.5, 0.6) is 5.75 Å². The highest BCUT2D eigenvalue weighted by molar-refractivity contribution is 5.77. The Morgan fingerprint density at radius 1 is 1.16 bits per heavy atom. The number of hydrogen-bond acceptors (Lipinski definition) is 3. The van der Waals surface area contributed by atoms with Crippen molar-refractivity contribution < 1.29 is 18.7 Å². The smallest absolute Gasteiger partial charge is 0.222 e. The minimum absolute atomic E-state index is 0.0409. The number of methoxy groups -OCH3 is 1. The zero-order valence-corrected chi connectivity index (χ0v) is 18.3. The number of amides is 2. The van der Waals surface area contributed by atoms with E-state index in [2.05, 4.69) is 5.32 Å². The fraction of sp³-hybridized carbons (Fsp3) is 0.440. The van der Waals surface area contributed by atoms with Gasteiger partial charge in [0.2, 0.25) is 11.8 Å². The van der Waals surface area contributed by atoms with Gasteiger partial charge in [0.25, 0.3) is 0 Å². The van der Waals surface area contributed by atoms with Crippen LogP contribution in [0.15, 0.2) is 48.5 Å². The third-order valence-corrected chi connectivity index (χ3v) is 5.95. The molecule has 5 nitrogen and oxygen atoms in total. The highest BCUT2D eigenvalue weighted by Crippen LogP contribution is 2.23. The molecule has 0 aliphatic carbocycles. The minimum atomic E-state index is -0.273. The molecule has 1 aliphatic heterocycles. The topological polar surface area (TPSA) is 58.6 Å². The average Bonchev–Trinajstić information content (AvgIpc) is 2.78. The van der Waals surface area contributed by atoms with E-state index in [0.29, 0.717) is 32.4 Å². The van der Waals surface area contributed by atoms with Crippen molar-refractivity contribution in [1.82, 2.24) is 10.2 Å². The number of rotatable bonds is 8. The molecule has 166 valence electrons. The molecule has 0 bridgehead atoms. The Morgan fingerprint density at radius 2 is 1.87 bits per heavy atom. The molecule has 2 amide bonds. The van der Waals surface area contributed by atoms with Gasteiger partial charge in [-0.2, -0.15) is 0 Å². The summed E-state index contributed by atoms with van der Waals surface area (Å²) in [6.07, 6.45) is 3.06. The molecule has 0 aromatic heterocycles. The Balaban J connectivity index is 1.38. The van der Waals surface area contributed by atoms with Gasteiger partial charge in [0.05, 0.1) is 13.2 Å². The Labute approximate surface area is 183 Å². The summed E-state index contributed by atoms with van der Waals surface area (Å²) in [5, 5.41) is 3.07. The van der Waals surface area contributed by atoms with Crippen LogP contribution < -0.4 is 10.1 Å². The minimum Gasteiger partial charge on any atom is -0.497 e. The summed E-state index contributed by atoms with van der Waals surface area (Å²) in [6, 6.07) is 14.0. The first-order valence-corrected chi connectivity index (χ1v) is 10.9. The fourth-order valence-electron chi connectivity index (χ4n) is 4.03. The number of benzene rings is 2. The van der Waals surface area contributed by atoms with Crippen LogP contribution in [-0.4, -0.2) is 36.9 Å². The highest BCUT2D eigenvalue weighted by Gasteiger charge is 2.24. The van der Waals surface area contributed by atoms with Crippen LogP contribution >= 0.6 is 0 Å². The normalized spacial score (nSPS) is 15.4. The number of hydrogen-bond donors (Lipinski definition) is 1. The van der Waals surface area contributed by atoms with E-state index >= 15 is 0 Å². The van der Waals surface area contributed by atoms with Gasteiger partial charge in [-0.05, 0) is 67.5 Å². The van der Waals surface area contributed by atoms with Crippen LogP contribution in [0.3, 0.4) is 0 Å². The van der Waals surface area contributed by atoms with Gasteiger partial charge in [0, 0.05) is 25.9 Å². The first-order valence-electron chi connectivity index (χ1n) is 10.9. The second-order valence-electron chi connectivity index (χ2n) is 8.22. The Bertz CT molecular complexity index is 877. The summed E-state index contributed by atoms with van der Waals surface area (Å²) >= 11 is 0. The van der Waals surface area contributed by atoms with Gasteiger partial charge in [0.15, 0.2) is 0 Å². The van der Waals surface area contributed by atoms with Crippen molar-refractivity contribution in [3.8, 4) is 5.75 Å². The monoisotopic (exact) mass is 426 g/mol. The maximum absolute atomic E-state index is 13.3. The second-order valence-corrected chi connectivity index (χ2v) is 8.22. The van der Waals surface area contributed by atoms with Crippen LogP contribution in [0.25, 0.3) is 0 Å². The molecule has 1 saturated heterocycles. The summed E-state index contributed by atoms with van der Waals surface area (Å²) in [4.78, 5) is 26.8. The lowest BCUT2D eigenvalue weighted by Crippen LogP contribution is -2.40. The van der Waals surface area contributed by atoms with E-state index in [4.69, 9.17) is 4.74 Å². The molecule has 1 unspecified atom stereocenters. The third-order valence-electron chi connectivity index (χ3n) is 5.95. The Hall–Kier alpha value is -2.89. The van der Waals surface area contributed by atoms with Crippen molar-refractivity contribution >= 4 is 11.8 Å². The van der Waals surface area contributed by atoms with Crippen molar-refractivity contribution in [3.05, 3.63) is 65.5 Å². The van der Waals surface area contributed by atoms with E-state index in [0.717, 1.165) is 29.7 Å². The molecule has 1 heterocycles. The van der Waals surface area contributed by atoms with Gasteiger partial charge >= 0.3 is 0 Å². The summed E-state index contributed by atoms with van der Waals surface area (Å²) in [5.74, 6) is 0.944. The van der Waals surface area contributed by atoms with Crippen LogP contribution in [-0.2, 0) is 16.0 Å². The molecule has 2 aromatic rings. The number of ether oxygens (including phenoxy) is 1. The van der Waals surface area contributed by atoms with Gasteiger partial charge in [-0.15, -0.1) is 0 Å². The number of halogens is 1. The van der Waals surface area contributed by atoms with Crippen LogP contribution in [0.4, 0.5) is 4.39 Å². The summed E-state index contributed by atoms with van der Waals surface area (Å²) in [5.41, 5.74) is 1.87. The first-order chi connectivity index (χ1) is 14.9. The third kappa shape index (κ3) is 6.81. The van der Waals surface area contributed by atoms with Crippen molar-refractivity contribution in [2.75, 3.05) is 20.2 Å². The summed E-state index contributed by atoms with van der Waals surface area (Å²) < 4.78 is 18.4. The molecule has 1 fully saturated rings. The average molecular weight is 427 g/mol. The molecule has 0 spiro atoms. The lowest BCUT2D eigenvalue weighted by atomic mass is 9.92. The van der Waals surface area contributed by atoms with E-state index in [-0.39, 0.29) is 29.6 Å². The molecular formula is C25H31FN2O3. The molecule has 1 atom stereocenters. The molecule has 1 N–H and O–H groups in total. The lowest BCUT2D eigenvalue weighted by molar-refractivity contribution is -0.132. The standard InChI is InChI=1S/C25H31FN2O3/c1-18(21-7-9-23(31-2)10-8-21)27-24(29)17-20-12-14-28(15-13-20)25(30)11-6-19-4-3-5-22(26)16-19/h3-5,7-10,16,18,20H,6,11-15,17H2,1-2H3,(H,27,29). The fourth-order valence-corrected chi connectivity index (χ4v) is 4.03. The van der Waals surface area contributed by atoms with E-state index in [1.807, 2.05) is 42.2 Å². The zero-order chi connectivity index (χ0) is 22.2. The van der Waals surface area contributed by atoms with Crippen molar-refractivity contribution in [2.45, 2.75) is 45.1 Å². The largest absolute Gasteiger partial charge is 0.497 e. The lowest BCUT2D eigenvalue weighted by Gasteiger charge is -2.32. The van der Waals surface area contributed by atoms with Gasteiger partial charge in [0.1, 0.15) is 11.6 Å². The van der Waals surface area contributed by atoms with Gasteiger partial charge in [-0.3, -0.25) is 9.59 Å². The summed E-state index contributed by atoms with van der Waals surface area (Å²) in [7, 11) is 1.63. The quantitative estimate of drug-likeness (QED) is 0.686. The molecule has 1 aliphatic rings. The number of nitrogens with one attached hydrogen (secondary N) is 1. The van der Waals surface area contributed by atoms with Crippen LogP contribution in [0.2, 0.25) is 0 Å². The molecule has 2 aromatic carbocycles. The van der Waals surface area contributed by atoms with E-state index in [9.17, 15) is 14.0 Å². The number of carbonyl (C=O) groups excluding carboxylic acids is 2. The second kappa shape index (κ2) is 10.9. The van der Waals surface area contributed by atoms with Crippen molar-refractivity contribution in [1.29, 1.82) is 0 Å². The number of nitrogens with zero attached hydrogens (tertiary/aromatic N) is 1. The SMILES string of the molecule is COc1ccc(C(C)NC(=O)CC2CCN(C(=O)CCc3cccc(F)c3)CC2)cc1. The molecule has 31 heavy (non-hydrogen) atoms. The van der Waals surface area contributed by atoms with Crippen molar-refractivity contribution in [2.24, 2.45) is 5.92 Å². The number of carbonyl (C=O) groups is 2. The van der Waals surface area contributed by atoms with Crippen LogP contribution in [0.1, 0.15) is 49.8 Å². The van der Waals surface area contributed by atoms with Gasteiger partial charge in [-0.25, -0.2) is 4.39 Å². The zero-order valence-electron chi connectivity index (χ0n) is 18.3. The molecule has 0 saturated carbocycles. The first kappa shape index (κ1) is 22.8. The molecular weight excluding hydrogens is 395 g/mol. The van der Waals surface area contributed by atoms with E-state index in [1.54, 1.807) is 13.2 Å². The molecule has 3 rings (SSSR count). The number of piperidine rings is 1. The Morgan fingerprint density at radius 3 is 2.52 bits per heavy atom. The Kier molecular flexibility index (Phi) is 8.04. The van der Waals surface area contributed by atoms with Crippen molar-refractivity contribution in [3.63, 3.8) is 0 Å². The van der Waals surface area contributed by atoms with Crippen LogP contribution in [0, 0.1) is 11.7 Å². The summed E-state index contributed by atoms with van der Waals surface area (Å²) in [6.45, 7) is 3.32.